The highest BCUT2D eigenvalue weighted by Gasteiger charge is 2.29. The van der Waals surface area contributed by atoms with Gasteiger partial charge in [-0.3, -0.25) is 14.3 Å². The van der Waals surface area contributed by atoms with Crippen LogP contribution in [0.5, 0.6) is 0 Å². The number of rotatable bonds is 7. The van der Waals surface area contributed by atoms with Gasteiger partial charge in [-0.25, -0.2) is 19.3 Å². The molecule has 4 aromatic heterocycles. The molecular formula is C34H37FN10O4. The first-order valence-electron chi connectivity index (χ1n) is 15.8. The Morgan fingerprint density at radius 2 is 1.71 bits per heavy atom. The third-order valence-corrected chi connectivity index (χ3v) is 7.86. The van der Waals surface area contributed by atoms with Gasteiger partial charge in [0.1, 0.15) is 23.7 Å². The molecule has 49 heavy (non-hydrogen) atoms. The summed E-state index contributed by atoms with van der Waals surface area (Å²) in [5.74, 6) is -0.401. The molecule has 5 heterocycles. The maximum absolute atomic E-state index is 13.6. The molecule has 14 nitrogen and oxygen atoms in total. The Morgan fingerprint density at radius 3 is 2.41 bits per heavy atom. The van der Waals surface area contributed by atoms with Gasteiger partial charge in [-0.2, -0.15) is 14.6 Å². The average molecular weight is 669 g/mol. The predicted octanol–water partition coefficient (Wildman–Crippen LogP) is 4.06. The van der Waals surface area contributed by atoms with Gasteiger partial charge in [-0.1, -0.05) is 29.8 Å². The van der Waals surface area contributed by atoms with E-state index in [-0.39, 0.29) is 23.8 Å². The van der Waals surface area contributed by atoms with E-state index in [1.54, 1.807) is 42.4 Å². The van der Waals surface area contributed by atoms with Crippen LogP contribution in [0, 0.1) is 12.9 Å². The average Bonchev–Trinajstić information content (AvgIpc) is 3.62. The molecule has 2 N–H and O–H groups in total. The number of benzene rings is 1. The lowest BCUT2D eigenvalue weighted by molar-refractivity contribution is -0.130. The number of nitrogens with one attached hydrogen (secondary N) is 2. The summed E-state index contributed by atoms with van der Waals surface area (Å²) in [6.45, 7) is 9.09. The highest BCUT2D eigenvalue weighted by atomic mass is 19.1. The van der Waals surface area contributed by atoms with Crippen LogP contribution in [0.4, 0.5) is 20.8 Å². The number of anilines is 2. The molecule has 5 aromatic rings. The van der Waals surface area contributed by atoms with E-state index < -0.39 is 23.5 Å². The summed E-state index contributed by atoms with van der Waals surface area (Å²) in [7, 11) is 1.88. The van der Waals surface area contributed by atoms with E-state index in [1.165, 1.54) is 12.3 Å². The number of imidazole rings is 1. The zero-order valence-corrected chi connectivity index (χ0v) is 27.9. The van der Waals surface area contributed by atoms with Gasteiger partial charge >= 0.3 is 6.09 Å². The normalized spacial score (nSPS) is 13.4. The lowest BCUT2D eigenvalue weighted by atomic mass is 10.0. The van der Waals surface area contributed by atoms with Crippen LogP contribution >= 0.6 is 0 Å². The van der Waals surface area contributed by atoms with Crippen LogP contribution < -0.4 is 15.5 Å². The van der Waals surface area contributed by atoms with Crippen LogP contribution in [-0.4, -0.2) is 90.5 Å². The smallest absolute Gasteiger partial charge is 0.408 e. The van der Waals surface area contributed by atoms with Crippen LogP contribution in [0.25, 0.3) is 28.2 Å². The van der Waals surface area contributed by atoms with Crippen LogP contribution in [0.1, 0.15) is 36.7 Å². The Hall–Kier alpha value is -5.86. The number of carbonyl (C=O) groups excluding carboxylic acids is 3. The molecule has 1 aliphatic rings. The Bertz CT molecular complexity index is 2020. The second kappa shape index (κ2) is 13.3. The zero-order valence-electron chi connectivity index (χ0n) is 27.9. The maximum atomic E-state index is 13.6. The number of ether oxygens (including phenoxy) is 1. The zero-order chi connectivity index (χ0) is 34.9. The number of aryl methyl sites for hydroxylation is 2. The molecule has 6 rings (SSSR count). The fourth-order valence-electron chi connectivity index (χ4n) is 5.58. The molecule has 0 aliphatic carbocycles. The fraction of sp³-hybridized carbons (Fsp3) is 0.324. The van der Waals surface area contributed by atoms with Gasteiger partial charge in [0, 0.05) is 56.6 Å². The highest BCUT2D eigenvalue weighted by Crippen LogP contribution is 2.39. The number of nitrogens with zero attached hydrogens (tertiary/aromatic N) is 8. The Kier molecular flexibility index (Phi) is 8.99. The number of pyridine rings is 1. The maximum Gasteiger partial charge on any atom is 0.408 e. The summed E-state index contributed by atoms with van der Waals surface area (Å²) in [5.41, 5.74) is 4.13. The van der Waals surface area contributed by atoms with E-state index in [2.05, 4.69) is 25.5 Å². The molecule has 0 bridgehead atoms. The van der Waals surface area contributed by atoms with E-state index >= 15 is 0 Å². The molecule has 0 saturated carbocycles. The molecule has 0 unspecified atom stereocenters. The summed E-state index contributed by atoms with van der Waals surface area (Å²) in [4.78, 5) is 49.6. The van der Waals surface area contributed by atoms with Gasteiger partial charge in [0.05, 0.1) is 17.5 Å². The molecule has 1 fully saturated rings. The Morgan fingerprint density at radius 1 is 0.980 bits per heavy atom. The number of carbonyl (C=O) groups is 3. The second-order valence-corrected chi connectivity index (χ2v) is 12.7. The van der Waals surface area contributed by atoms with Crippen LogP contribution in [0.15, 0.2) is 60.9 Å². The minimum Gasteiger partial charge on any atom is -0.444 e. The Labute approximate surface area is 281 Å². The summed E-state index contributed by atoms with van der Waals surface area (Å²) < 4.78 is 22.2. The van der Waals surface area contributed by atoms with Crippen molar-refractivity contribution in [3.05, 3.63) is 78.0 Å². The standard InChI is InChI=1S/C34H37FN10O4/c1-21-6-8-22(9-7-21)30-29(24-10-11-27-38-26(20-45(27)40-24)39-31(47)23-12-13-36-25(35)18-23)32(42(5)41-30)44-16-14-43(15-17-44)28(46)19-37-33(48)49-34(2,3)4/h6-13,18,20H,14-17,19H2,1-5H3,(H,37,48)(H,39,47). The number of halogens is 1. The number of piperazine rings is 1. The minimum absolute atomic E-state index is 0.113. The van der Waals surface area contributed by atoms with E-state index in [1.807, 2.05) is 49.0 Å². The first kappa shape index (κ1) is 33.1. The van der Waals surface area contributed by atoms with Gasteiger partial charge in [-0.15, -0.1) is 0 Å². The number of alkyl carbamates (subject to hydrolysis) is 1. The van der Waals surface area contributed by atoms with Gasteiger partial charge in [-0.05, 0) is 45.9 Å². The lowest BCUT2D eigenvalue weighted by Crippen LogP contribution is -2.52. The van der Waals surface area contributed by atoms with Crippen molar-refractivity contribution in [1.29, 1.82) is 0 Å². The fourth-order valence-corrected chi connectivity index (χ4v) is 5.58. The van der Waals surface area contributed by atoms with E-state index in [9.17, 15) is 18.8 Å². The summed E-state index contributed by atoms with van der Waals surface area (Å²) >= 11 is 0. The van der Waals surface area contributed by atoms with E-state index in [0.29, 0.717) is 37.5 Å². The van der Waals surface area contributed by atoms with Crippen molar-refractivity contribution < 1.29 is 23.5 Å². The van der Waals surface area contributed by atoms with Crippen LogP contribution in [-0.2, 0) is 16.6 Å². The molecule has 15 heteroatoms. The summed E-state index contributed by atoms with van der Waals surface area (Å²) in [6, 6.07) is 14.2. The molecule has 0 radical (unpaired) electrons. The number of hydrogen-bond donors (Lipinski definition) is 2. The molecule has 1 saturated heterocycles. The van der Waals surface area contributed by atoms with Crippen molar-refractivity contribution >= 4 is 35.2 Å². The first-order valence-corrected chi connectivity index (χ1v) is 15.8. The lowest BCUT2D eigenvalue weighted by Gasteiger charge is -2.36. The molecule has 1 aromatic carbocycles. The van der Waals surface area contributed by atoms with Crippen molar-refractivity contribution in [3.8, 4) is 22.5 Å². The molecule has 0 spiro atoms. The number of aromatic nitrogens is 6. The number of hydrogen-bond acceptors (Lipinski definition) is 9. The van der Waals surface area contributed by atoms with Gasteiger partial charge in [0.15, 0.2) is 11.5 Å². The summed E-state index contributed by atoms with van der Waals surface area (Å²) in [6.07, 6.45) is 2.18. The topological polar surface area (TPSA) is 152 Å². The van der Waals surface area contributed by atoms with E-state index in [4.69, 9.17) is 14.9 Å². The van der Waals surface area contributed by atoms with Crippen molar-refractivity contribution in [2.45, 2.75) is 33.3 Å². The molecule has 3 amide bonds. The van der Waals surface area contributed by atoms with Gasteiger partial charge in [0.2, 0.25) is 11.9 Å². The van der Waals surface area contributed by atoms with Crippen molar-refractivity contribution in [1.82, 2.24) is 39.6 Å². The van der Waals surface area contributed by atoms with Crippen molar-refractivity contribution in [2.24, 2.45) is 7.05 Å². The quantitative estimate of drug-likeness (QED) is 0.245. The van der Waals surface area contributed by atoms with Crippen molar-refractivity contribution in [2.75, 3.05) is 42.9 Å². The van der Waals surface area contributed by atoms with Gasteiger partial charge in [0.25, 0.3) is 5.91 Å². The number of amides is 3. The third kappa shape index (κ3) is 7.50. The number of fused-ring (bicyclic) bond motifs is 1. The molecule has 254 valence electrons. The summed E-state index contributed by atoms with van der Waals surface area (Å²) in [5, 5.41) is 15.0. The third-order valence-electron chi connectivity index (χ3n) is 7.86. The Balaban J connectivity index is 1.26. The largest absolute Gasteiger partial charge is 0.444 e. The van der Waals surface area contributed by atoms with Gasteiger partial charge < -0.3 is 25.2 Å². The highest BCUT2D eigenvalue weighted by molar-refractivity contribution is 6.03. The molecule has 0 atom stereocenters. The van der Waals surface area contributed by atoms with Crippen LogP contribution in [0.3, 0.4) is 0 Å². The SMILES string of the molecule is Cc1ccc(-c2nn(C)c(N3CCN(C(=O)CNC(=O)OC(C)(C)C)CC3)c2-c2ccc3nc(NC(=O)c4ccnc(F)c4)cn3n2)cc1. The van der Waals surface area contributed by atoms with E-state index in [0.717, 1.165) is 34.3 Å². The molecule has 1 aliphatic heterocycles. The molecular weight excluding hydrogens is 631 g/mol. The van der Waals surface area contributed by atoms with Crippen molar-refractivity contribution in [3.63, 3.8) is 0 Å². The van der Waals surface area contributed by atoms with Crippen LogP contribution in [0.2, 0.25) is 0 Å². The second-order valence-electron chi connectivity index (χ2n) is 12.7. The predicted molar refractivity (Wildman–Crippen MR) is 181 cm³/mol. The monoisotopic (exact) mass is 668 g/mol. The minimum atomic E-state index is -0.756. The first-order chi connectivity index (χ1) is 23.3.